The highest BCUT2D eigenvalue weighted by molar-refractivity contribution is 7.08. The normalized spacial score (nSPS) is 10.5. The lowest BCUT2D eigenvalue weighted by Gasteiger charge is -2.05. The molecule has 0 saturated carbocycles. The van der Waals surface area contributed by atoms with Crippen molar-refractivity contribution >= 4 is 17.0 Å². The Bertz CT molecular complexity index is 664. The zero-order valence-electron chi connectivity index (χ0n) is 9.95. The highest BCUT2D eigenvalue weighted by Gasteiger charge is 2.09. The van der Waals surface area contributed by atoms with E-state index in [2.05, 4.69) is 10.1 Å². The minimum atomic E-state index is 0.200. The highest BCUT2D eigenvalue weighted by atomic mass is 32.1. The van der Waals surface area contributed by atoms with Gasteiger partial charge >= 0.3 is 0 Å². The zero-order valence-corrected chi connectivity index (χ0v) is 10.8. The second-order valence-electron chi connectivity index (χ2n) is 3.85. The molecule has 2 heterocycles. The maximum atomic E-state index is 5.78. The first-order valence-corrected chi connectivity index (χ1v) is 6.59. The fourth-order valence-corrected chi connectivity index (χ4v) is 2.21. The number of thiophene rings is 1. The summed E-state index contributed by atoms with van der Waals surface area (Å²) in [4.78, 5) is 4.26. The van der Waals surface area contributed by atoms with Crippen LogP contribution in [0.4, 0.5) is 5.69 Å². The van der Waals surface area contributed by atoms with E-state index in [1.165, 1.54) is 0 Å². The number of rotatable bonds is 4. The van der Waals surface area contributed by atoms with E-state index in [1.54, 1.807) is 23.5 Å². The molecule has 0 aliphatic rings. The molecule has 5 nitrogen and oxygen atoms in total. The van der Waals surface area contributed by atoms with Crippen LogP contribution < -0.4 is 10.5 Å². The number of hydrogen-bond donors (Lipinski definition) is 1. The fraction of sp³-hybridized carbons (Fsp3) is 0.0769. The van der Waals surface area contributed by atoms with Crippen LogP contribution in [0, 0.1) is 0 Å². The standard InChI is InChI=1S/C13H11N3O2S/c14-10-3-1-2-4-11(10)17-7-12-15-13(16-18-12)9-5-6-19-8-9/h1-6,8H,7,14H2. The summed E-state index contributed by atoms with van der Waals surface area (Å²) in [6.07, 6.45) is 0. The van der Waals surface area contributed by atoms with Crippen molar-refractivity contribution < 1.29 is 9.26 Å². The molecule has 96 valence electrons. The first kappa shape index (κ1) is 11.7. The van der Waals surface area contributed by atoms with Gasteiger partial charge in [0.2, 0.25) is 5.82 Å². The van der Waals surface area contributed by atoms with E-state index in [0.29, 0.717) is 23.2 Å². The summed E-state index contributed by atoms with van der Waals surface area (Å²) in [7, 11) is 0. The Hall–Kier alpha value is -2.34. The van der Waals surface area contributed by atoms with Crippen molar-refractivity contribution in [1.82, 2.24) is 10.1 Å². The van der Waals surface area contributed by atoms with Crippen molar-refractivity contribution in [3.05, 3.63) is 47.0 Å². The zero-order chi connectivity index (χ0) is 13.1. The molecule has 6 heteroatoms. The Labute approximate surface area is 113 Å². The molecule has 0 aliphatic carbocycles. The van der Waals surface area contributed by atoms with E-state index in [1.807, 2.05) is 29.0 Å². The Morgan fingerprint density at radius 1 is 1.26 bits per heavy atom. The van der Waals surface area contributed by atoms with Crippen molar-refractivity contribution in [2.75, 3.05) is 5.73 Å². The van der Waals surface area contributed by atoms with Gasteiger partial charge in [-0.2, -0.15) is 16.3 Å². The second-order valence-corrected chi connectivity index (χ2v) is 4.63. The predicted octanol–water partition coefficient (Wildman–Crippen LogP) is 2.96. The number of nitrogens with two attached hydrogens (primary N) is 1. The van der Waals surface area contributed by atoms with Crippen LogP contribution in [0.1, 0.15) is 5.89 Å². The predicted molar refractivity (Wildman–Crippen MR) is 72.8 cm³/mol. The third-order valence-corrected chi connectivity index (χ3v) is 3.20. The van der Waals surface area contributed by atoms with E-state index in [4.69, 9.17) is 15.0 Å². The molecule has 0 saturated heterocycles. The molecule has 1 aromatic carbocycles. The van der Waals surface area contributed by atoms with Gasteiger partial charge in [0.1, 0.15) is 5.75 Å². The van der Waals surface area contributed by atoms with Crippen LogP contribution in [0.2, 0.25) is 0 Å². The van der Waals surface area contributed by atoms with Crippen LogP contribution >= 0.6 is 11.3 Å². The van der Waals surface area contributed by atoms with Crippen LogP contribution in [0.25, 0.3) is 11.4 Å². The lowest BCUT2D eigenvalue weighted by Crippen LogP contribution is -1.98. The fourth-order valence-electron chi connectivity index (χ4n) is 1.57. The van der Waals surface area contributed by atoms with E-state index in [-0.39, 0.29) is 6.61 Å². The lowest BCUT2D eigenvalue weighted by atomic mass is 10.3. The molecule has 19 heavy (non-hydrogen) atoms. The average Bonchev–Trinajstić information content (AvgIpc) is 3.09. The van der Waals surface area contributed by atoms with Gasteiger partial charge in [0.25, 0.3) is 5.89 Å². The van der Waals surface area contributed by atoms with Gasteiger partial charge in [-0.3, -0.25) is 0 Å². The number of hydrogen-bond acceptors (Lipinski definition) is 6. The van der Waals surface area contributed by atoms with E-state index >= 15 is 0 Å². The quantitative estimate of drug-likeness (QED) is 0.740. The average molecular weight is 273 g/mol. The van der Waals surface area contributed by atoms with E-state index < -0.39 is 0 Å². The van der Waals surface area contributed by atoms with Gasteiger partial charge in [-0.05, 0) is 23.6 Å². The highest BCUT2D eigenvalue weighted by Crippen LogP contribution is 2.22. The van der Waals surface area contributed by atoms with Gasteiger partial charge in [0.15, 0.2) is 6.61 Å². The topological polar surface area (TPSA) is 74.2 Å². The van der Waals surface area contributed by atoms with Gasteiger partial charge in [-0.1, -0.05) is 17.3 Å². The molecule has 3 aromatic rings. The third kappa shape index (κ3) is 2.58. The maximum Gasteiger partial charge on any atom is 0.264 e. The summed E-state index contributed by atoms with van der Waals surface area (Å²) in [5.41, 5.74) is 7.30. The summed E-state index contributed by atoms with van der Waals surface area (Å²) in [5, 5.41) is 7.83. The van der Waals surface area contributed by atoms with Gasteiger partial charge in [0, 0.05) is 10.9 Å². The monoisotopic (exact) mass is 273 g/mol. The molecule has 0 spiro atoms. The summed E-state index contributed by atoms with van der Waals surface area (Å²) in [6.45, 7) is 0.200. The number of nitrogen functional groups attached to an aromatic ring is 1. The summed E-state index contributed by atoms with van der Waals surface area (Å²) in [6, 6.07) is 9.22. The van der Waals surface area contributed by atoms with Gasteiger partial charge in [-0.15, -0.1) is 0 Å². The first-order valence-electron chi connectivity index (χ1n) is 5.65. The lowest BCUT2D eigenvalue weighted by molar-refractivity contribution is 0.244. The van der Waals surface area contributed by atoms with Crippen LogP contribution in [0.5, 0.6) is 5.75 Å². The van der Waals surface area contributed by atoms with Crippen LogP contribution in [0.15, 0.2) is 45.6 Å². The molecule has 2 aromatic heterocycles. The van der Waals surface area contributed by atoms with Crippen molar-refractivity contribution in [1.29, 1.82) is 0 Å². The molecule has 0 amide bonds. The van der Waals surface area contributed by atoms with E-state index in [9.17, 15) is 0 Å². The minimum Gasteiger partial charge on any atom is -0.482 e. The SMILES string of the molecule is Nc1ccccc1OCc1nc(-c2ccsc2)no1. The molecule has 0 atom stereocenters. The Balaban J connectivity index is 1.70. The minimum absolute atomic E-state index is 0.200. The molecular weight excluding hydrogens is 262 g/mol. The molecule has 0 bridgehead atoms. The number of ether oxygens (including phenoxy) is 1. The van der Waals surface area contributed by atoms with Crippen molar-refractivity contribution in [3.8, 4) is 17.1 Å². The van der Waals surface area contributed by atoms with E-state index in [0.717, 1.165) is 5.56 Å². The van der Waals surface area contributed by atoms with Gasteiger partial charge < -0.3 is 15.0 Å². The molecule has 0 fully saturated rings. The molecule has 0 aliphatic heterocycles. The van der Waals surface area contributed by atoms with Crippen LogP contribution in [0.3, 0.4) is 0 Å². The Morgan fingerprint density at radius 3 is 2.95 bits per heavy atom. The molecule has 0 unspecified atom stereocenters. The maximum absolute atomic E-state index is 5.78. The number of anilines is 1. The smallest absolute Gasteiger partial charge is 0.264 e. The number of nitrogens with zero attached hydrogens (tertiary/aromatic N) is 2. The third-order valence-electron chi connectivity index (χ3n) is 2.52. The van der Waals surface area contributed by atoms with Gasteiger partial charge in [-0.25, -0.2) is 0 Å². The van der Waals surface area contributed by atoms with Crippen LogP contribution in [-0.4, -0.2) is 10.1 Å². The van der Waals surface area contributed by atoms with Crippen molar-refractivity contribution in [2.24, 2.45) is 0 Å². The van der Waals surface area contributed by atoms with Crippen LogP contribution in [-0.2, 0) is 6.61 Å². The van der Waals surface area contributed by atoms with Crippen molar-refractivity contribution in [2.45, 2.75) is 6.61 Å². The summed E-state index contributed by atoms with van der Waals surface area (Å²) >= 11 is 1.59. The van der Waals surface area contributed by atoms with Crippen molar-refractivity contribution in [3.63, 3.8) is 0 Å². The Morgan fingerprint density at radius 2 is 2.16 bits per heavy atom. The number of para-hydroxylation sites is 2. The molecule has 3 rings (SSSR count). The summed E-state index contributed by atoms with van der Waals surface area (Å²) in [5.74, 6) is 1.60. The number of benzene rings is 1. The first-order chi connectivity index (χ1) is 9.33. The summed E-state index contributed by atoms with van der Waals surface area (Å²) < 4.78 is 10.7. The van der Waals surface area contributed by atoms with Gasteiger partial charge in [0.05, 0.1) is 5.69 Å². The molecular formula is C13H11N3O2S. The molecule has 2 N–H and O–H groups in total. The Kier molecular flexibility index (Phi) is 3.16. The second kappa shape index (κ2) is 5.11. The number of aromatic nitrogens is 2. The molecule has 0 radical (unpaired) electrons. The largest absolute Gasteiger partial charge is 0.482 e.